The van der Waals surface area contributed by atoms with Crippen LogP contribution in [0.15, 0.2) is 42.5 Å². The summed E-state index contributed by atoms with van der Waals surface area (Å²) in [4.78, 5) is 24.1. The van der Waals surface area contributed by atoms with Crippen molar-refractivity contribution in [1.82, 2.24) is 5.32 Å². The van der Waals surface area contributed by atoms with Crippen LogP contribution in [0.2, 0.25) is 5.02 Å². The average molecular weight is 375 g/mol. The number of carbonyl (C=O) groups is 2. The third kappa shape index (κ3) is 5.18. The molecule has 2 aromatic rings. The van der Waals surface area contributed by atoms with Crippen LogP contribution in [0.25, 0.3) is 0 Å². The molecule has 0 atom stereocenters. The lowest BCUT2D eigenvalue weighted by Crippen LogP contribution is -2.34. The minimum Gasteiger partial charge on any atom is -0.343 e. The van der Waals surface area contributed by atoms with Gasteiger partial charge < -0.3 is 10.6 Å². The Morgan fingerprint density at radius 1 is 1.00 bits per heavy atom. The molecule has 2 aromatic carbocycles. The summed E-state index contributed by atoms with van der Waals surface area (Å²) in [5.74, 6) is -2.75. The fourth-order valence-corrected chi connectivity index (χ4v) is 2.10. The van der Waals surface area contributed by atoms with Crippen LogP contribution >= 0.6 is 11.6 Å². The molecule has 0 fully saturated rings. The number of alkyl halides is 3. The zero-order valence-electron chi connectivity index (χ0n) is 12.5. The number of carbonyl (C=O) groups excluding carboxylic acids is 2. The maximum absolute atomic E-state index is 13.7. The Kier molecular flexibility index (Phi) is 5.63. The Bertz CT molecular complexity index is 809. The first-order chi connectivity index (χ1) is 11.7. The van der Waals surface area contributed by atoms with E-state index in [1.54, 1.807) is 5.32 Å². The van der Waals surface area contributed by atoms with Gasteiger partial charge in [-0.05, 0) is 30.3 Å². The van der Waals surface area contributed by atoms with Crippen LogP contribution in [0.4, 0.5) is 23.2 Å². The molecular weight excluding hydrogens is 364 g/mol. The highest BCUT2D eigenvalue weighted by Crippen LogP contribution is 2.20. The molecule has 0 bridgehead atoms. The molecule has 0 heterocycles. The van der Waals surface area contributed by atoms with Crippen molar-refractivity contribution in [3.05, 3.63) is 64.4 Å². The van der Waals surface area contributed by atoms with Crippen molar-refractivity contribution in [3.8, 4) is 0 Å². The van der Waals surface area contributed by atoms with Crippen LogP contribution in [0.3, 0.4) is 0 Å². The van der Waals surface area contributed by atoms with Crippen LogP contribution < -0.4 is 10.6 Å². The van der Waals surface area contributed by atoms with E-state index in [9.17, 15) is 27.2 Å². The number of hydrogen-bond acceptors (Lipinski definition) is 2. The lowest BCUT2D eigenvalue weighted by atomic mass is 10.1. The summed E-state index contributed by atoms with van der Waals surface area (Å²) in [6, 6.07) is 8.77. The first-order valence-electron chi connectivity index (χ1n) is 6.88. The second-order valence-electron chi connectivity index (χ2n) is 4.92. The average Bonchev–Trinajstić information content (AvgIpc) is 2.54. The molecule has 0 spiro atoms. The maximum Gasteiger partial charge on any atom is 0.405 e. The molecule has 2 amide bonds. The Labute approximate surface area is 144 Å². The van der Waals surface area contributed by atoms with Gasteiger partial charge >= 0.3 is 6.18 Å². The van der Waals surface area contributed by atoms with E-state index in [1.165, 1.54) is 30.3 Å². The van der Waals surface area contributed by atoms with Crippen LogP contribution in [0.5, 0.6) is 0 Å². The molecule has 0 unspecified atom stereocenters. The molecule has 0 aliphatic rings. The minimum absolute atomic E-state index is 0.0634. The molecule has 2 rings (SSSR count). The van der Waals surface area contributed by atoms with Gasteiger partial charge in [-0.15, -0.1) is 0 Å². The first-order valence-corrected chi connectivity index (χ1v) is 7.25. The SMILES string of the molecule is O=C(Nc1ccccc1C(=O)NCC(F)(F)F)c1cc(Cl)ccc1F. The smallest absolute Gasteiger partial charge is 0.343 e. The van der Waals surface area contributed by atoms with Gasteiger partial charge in [-0.3, -0.25) is 9.59 Å². The predicted octanol–water partition coefficient (Wildman–Crippen LogP) is 4.02. The minimum atomic E-state index is -4.57. The molecule has 0 saturated carbocycles. The Balaban J connectivity index is 2.21. The first kappa shape index (κ1) is 18.7. The lowest BCUT2D eigenvalue weighted by Gasteiger charge is -2.13. The summed E-state index contributed by atoms with van der Waals surface area (Å²) in [5, 5.41) is 4.12. The number of para-hydroxylation sites is 1. The van der Waals surface area contributed by atoms with Crippen molar-refractivity contribution in [3.63, 3.8) is 0 Å². The number of benzene rings is 2. The molecule has 4 nitrogen and oxygen atoms in total. The molecule has 2 N–H and O–H groups in total. The second-order valence-corrected chi connectivity index (χ2v) is 5.36. The van der Waals surface area contributed by atoms with Crippen molar-refractivity contribution in [2.24, 2.45) is 0 Å². The van der Waals surface area contributed by atoms with Crippen molar-refractivity contribution in [1.29, 1.82) is 0 Å². The Hall–Kier alpha value is -2.61. The van der Waals surface area contributed by atoms with Crippen molar-refractivity contribution < 1.29 is 27.2 Å². The molecule has 0 radical (unpaired) electrons. The van der Waals surface area contributed by atoms with Crippen molar-refractivity contribution >= 4 is 29.1 Å². The van der Waals surface area contributed by atoms with E-state index in [-0.39, 0.29) is 21.8 Å². The number of hydrogen-bond donors (Lipinski definition) is 2. The van der Waals surface area contributed by atoms with Gasteiger partial charge in [-0.1, -0.05) is 23.7 Å². The zero-order chi connectivity index (χ0) is 18.6. The molecule has 0 saturated heterocycles. The van der Waals surface area contributed by atoms with Gasteiger partial charge in [-0.2, -0.15) is 13.2 Å². The van der Waals surface area contributed by atoms with Crippen LogP contribution in [0, 0.1) is 5.82 Å². The second kappa shape index (κ2) is 7.52. The monoisotopic (exact) mass is 374 g/mol. The van der Waals surface area contributed by atoms with Crippen molar-refractivity contribution in [2.45, 2.75) is 6.18 Å². The van der Waals surface area contributed by atoms with Crippen molar-refractivity contribution in [2.75, 3.05) is 11.9 Å². The van der Waals surface area contributed by atoms with E-state index < -0.39 is 30.4 Å². The zero-order valence-corrected chi connectivity index (χ0v) is 13.2. The van der Waals surface area contributed by atoms with E-state index in [0.717, 1.165) is 12.1 Å². The molecule has 0 aliphatic heterocycles. The van der Waals surface area contributed by atoms with Gasteiger partial charge in [0.05, 0.1) is 16.8 Å². The van der Waals surface area contributed by atoms with Crippen LogP contribution in [-0.4, -0.2) is 24.5 Å². The van der Waals surface area contributed by atoms with E-state index in [0.29, 0.717) is 0 Å². The maximum atomic E-state index is 13.7. The Morgan fingerprint density at radius 3 is 2.36 bits per heavy atom. The third-order valence-electron chi connectivity index (χ3n) is 3.04. The summed E-state index contributed by atoms with van der Waals surface area (Å²) in [6.07, 6.45) is -4.57. The normalized spacial score (nSPS) is 11.1. The summed E-state index contributed by atoms with van der Waals surface area (Å²) in [5.41, 5.74) is -0.618. The standard InChI is InChI=1S/C16H11ClF4N2O2/c17-9-5-6-12(18)11(7-9)15(25)23-13-4-2-1-3-10(13)14(24)22-8-16(19,20)21/h1-7H,8H2,(H,22,24)(H,23,25). The topological polar surface area (TPSA) is 58.2 Å². The van der Waals surface area contributed by atoms with Crippen LogP contribution in [-0.2, 0) is 0 Å². The van der Waals surface area contributed by atoms with Gasteiger partial charge in [0.1, 0.15) is 12.4 Å². The van der Waals surface area contributed by atoms with Gasteiger partial charge in [0.2, 0.25) is 0 Å². The molecule has 132 valence electrons. The van der Waals surface area contributed by atoms with Gasteiger partial charge in [0.25, 0.3) is 11.8 Å². The summed E-state index contributed by atoms with van der Waals surface area (Å²) < 4.78 is 50.3. The molecular formula is C16H11ClF4N2O2. The van der Waals surface area contributed by atoms with Gasteiger partial charge in [0, 0.05) is 5.02 Å². The summed E-state index contributed by atoms with van der Waals surface area (Å²) >= 11 is 5.71. The number of halogens is 5. The fourth-order valence-electron chi connectivity index (χ4n) is 1.93. The molecule has 25 heavy (non-hydrogen) atoms. The quantitative estimate of drug-likeness (QED) is 0.794. The van der Waals surface area contributed by atoms with E-state index in [2.05, 4.69) is 5.32 Å². The van der Waals surface area contributed by atoms with E-state index >= 15 is 0 Å². The van der Waals surface area contributed by atoms with Crippen LogP contribution in [0.1, 0.15) is 20.7 Å². The molecule has 0 aromatic heterocycles. The van der Waals surface area contributed by atoms with Gasteiger partial charge in [0.15, 0.2) is 0 Å². The fraction of sp³-hybridized carbons (Fsp3) is 0.125. The Morgan fingerprint density at radius 2 is 1.68 bits per heavy atom. The summed E-state index contributed by atoms with van der Waals surface area (Å²) in [7, 11) is 0. The summed E-state index contributed by atoms with van der Waals surface area (Å²) in [6.45, 7) is -1.52. The molecule has 9 heteroatoms. The lowest BCUT2D eigenvalue weighted by molar-refractivity contribution is -0.123. The highest BCUT2D eigenvalue weighted by atomic mass is 35.5. The van der Waals surface area contributed by atoms with E-state index in [1.807, 2.05) is 0 Å². The molecule has 0 aliphatic carbocycles. The van der Waals surface area contributed by atoms with E-state index in [4.69, 9.17) is 11.6 Å². The highest BCUT2D eigenvalue weighted by molar-refractivity contribution is 6.31. The number of rotatable bonds is 4. The highest BCUT2D eigenvalue weighted by Gasteiger charge is 2.28. The number of anilines is 1. The van der Waals surface area contributed by atoms with Gasteiger partial charge in [-0.25, -0.2) is 4.39 Å². The number of amides is 2. The largest absolute Gasteiger partial charge is 0.405 e. The third-order valence-corrected chi connectivity index (χ3v) is 3.28. The number of nitrogens with one attached hydrogen (secondary N) is 2. The predicted molar refractivity (Wildman–Crippen MR) is 84.2 cm³/mol.